The van der Waals surface area contributed by atoms with Crippen LogP contribution in [0.15, 0.2) is 18.2 Å². The molecule has 4 heteroatoms. The lowest BCUT2D eigenvalue weighted by atomic mass is 10.00. The number of fused-ring (bicyclic) bond motifs is 1. The van der Waals surface area contributed by atoms with Crippen LogP contribution in [-0.4, -0.2) is 35.7 Å². The highest BCUT2D eigenvalue weighted by atomic mass is 32.2. The normalized spacial score (nSPS) is 23.1. The van der Waals surface area contributed by atoms with Crippen molar-refractivity contribution in [1.29, 1.82) is 0 Å². The van der Waals surface area contributed by atoms with Crippen LogP contribution in [0.2, 0.25) is 0 Å². The summed E-state index contributed by atoms with van der Waals surface area (Å²) in [6.07, 6.45) is 2.26. The minimum atomic E-state index is 0.485. The standard InChI is InChI=1S/C16H23NOS2/c1-2-6-17-16(15-11-19-8-9-20-15)13-3-4-14-12(10-13)5-7-18-14/h3-4,10,15-17H,2,5-9,11H2,1H3. The molecule has 0 amide bonds. The maximum Gasteiger partial charge on any atom is 0.122 e. The van der Waals surface area contributed by atoms with E-state index in [0.29, 0.717) is 11.3 Å². The first-order valence-electron chi connectivity index (χ1n) is 7.57. The summed E-state index contributed by atoms with van der Waals surface area (Å²) in [6, 6.07) is 7.28. The van der Waals surface area contributed by atoms with Gasteiger partial charge < -0.3 is 10.1 Å². The van der Waals surface area contributed by atoms with Crippen molar-refractivity contribution in [3.05, 3.63) is 29.3 Å². The van der Waals surface area contributed by atoms with Gasteiger partial charge in [0.1, 0.15) is 5.75 Å². The number of nitrogens with one attached hydrogen (secondary N) is 1. The van der Waals surface area contributed by atoms with Gasteiger partial charge in [-0.2, -0.15) is 23.5 Å². The van der Waals surface area contributed by atoms with E-state index in [1.807, 2.05) is 0 Å². The molecule has 1 saturated heterocycles. The molecule has 2 atom stereocenters. The van der Waals surface area contributed by atoms with Crippen LogP contribution in [-0.2, 0) is 6.42 Å². The highest BCUT2D eigenvalue weighted by Gasteiger charge is 2.26. The van der Waals surface area contributed by atoms with Crippen LogP contribution in [0.1, 0.15) is 30.5 Å². The fourth-order valence-electron chi connectivity index (χ4n) is 2.86. The molecule has 0 spiro atoms. The molecule has 0 aromatic heterocycles. The van der Waals surface area contributed by atoms with Crippen molar-refractivity contribution < 1.29 is 4.74 Å². The number of hydrogen-bond donors (Lipinski definition) is 1. The van der Waals surface area contributed by atoms with E-state index in [1.165, 1.54) is 34.8 Å². The van der Waals surface area contributed by atoms with Gasteiger partial charge in [-0.15, -0.1) is 0 Å². The van der Waals surface area contributed by atoms with Crippen molar-refractivity contribution in [2.75, 3.05) is 30.4 Å². The summed E-state index contributed by atoms with van der Waals surface area (Å²) in [5, 5.41) is 4.47. The average Bonchev–Trinajstić information content (AvgIpc) is 2.96. The maximum atomic E-state index is 5.63. The molecule has 1 aromatic rings. The van der Waals surface area contributed by atoms with E-state index in [2.05, 4.69) is 54.0 Å². The molecule has 1 aromatic carbocycles. The lowest BCUT2D eigenvalue weighted by Crippen LogP contribution is -2.34. The monoisotopic (exact) mass is 309 g/mol. The Morgan fingerprint density at radius 3 is 3.15 bits per heavy atom. The van der Waals surface area contributed by atoms with Gasteiger partial charge in [0, 0.05) is 35.0 Å². The first-order valence-corrected chi connectivity index (χ1v) is 9.77. The Labute approximate surface area is 130 Å². The zero-order valence-corrected chi connectivity index (χ0v) is 13.7. The lowest BCUT2D eigenvalue weighted by Gasteiger charge is -2.31. The van der Waals surface area contributed by atoms with E-state index in [0.717, 1.165) is 25.3 Å². The van der Waals surface area contributed by atoms with Crippen LogP contribution < -0.4 is 10.1 Å². The molecule has 1 fully saturated rings. The number of hydrogen-bond acceptors (Lipinski definition) is 4. The Morgan fingerprint density at radius 2 is 2.35 bits per heavy atom. The van der Waals surface area contributed by atoms with Crippen molar-refractivity contribution in [3.63, 3.8) is 0 Å². The number of benzene rings is 1. The summed E-state index contributed by atoms with van der Waals surface area (Å²) in [5.74, 6) is 4.95. The molecule has 0 saturated carbocycles. The summed E-state index contributed by atoms with van der Waals surface area (Å²) in [6.45, 7) is 4.18. The van der Waals surface area contributed by atoms with Crippen molar-refractivity contribution in [1.82, 2.24) is 5.32 Å². The summed E-state index contributed by atoms with van der Waals surface area (Å²) in [4.78, 5) is 0. The van der Waals surface area contributed by atoms with E-state index < -0.39 is 0 Å². The molecule has 2 aliphatic heterocycles. The van der Waals surface area contributed by atoms with Gasteiger partial charge in [-0.3, -0.25) is 0 Å². The number of rotatable bonds is 5. The summed E-state index contributed by atoms with van der Waals surface area (Å²) in [7, 11) is 0. The first kappa shape index (κ1) is 14.6. The largest absolute Gasteiger partial charge is 0.493 e. The SMILES string of the molecule is CCCNC(c1ccc2c(c1)CCO2)C1CSCCS1. The first-order chi connectivity index (χ1) is 9.88. The Balaban J connectivity index is 1.80. The van der Waals surface area contributed by atoms with Gasteiger partial charge in [-0.25, -0.2) is 0 Å². The fraction of sp³-hybridized carbons (Fsp3) is 0.625. The summed E-state index contributed by atoms with van der Waals surface area (Å²) >= 11 is 4.23. The quantitative estimate of drug-likeness (QED) is 0.898. The van der Waals surface area contributed by atoms with Crippen LogP contribution in [0.25, 0.3) is 0 Å². The number of ether oxygens (including phenoxy) is 1. The molecular formula is C16H23NOS2. The smallest absolute Gasteiger partial charge is 0.122 e. The molecule has 2 unspecified atom stereocenters. The minimum Gasteiger partial charge on any atom is -0.493 e. The van der Waals surface area contributed by atoms with Crippen LogP contribution in [0.4, 0.5) is 0 Å². The predicted octanol–water partition coefficient (Wildman–Crippen LogP) is 3.51. The van der Waals surface area contributed by atoms with Gasteiger partial charge in [-0.1, -0.05) is 19.1 Å². The third-order valence-electron chi connectivity index (χ3n) is 3.90. The maximum absolute atomic E-state index is 5.63. The third kappa shape index (κ3) is 3.29. The molecule has 2 aliphatic rings. The fourth-order valence-corrected chi connectivity index (χ4v) is 5.73. The lowest BCUT2D eigenvalue weighted by molar-refractivity contribution is 0.356. The Kier molecular flexibility index (Phi) is 5.19. The number of thioether (sulfide) groups is 2. The van der Waals surface area contributed by atoms with E-state index in [1.54, 1.807) is 0 Å². The Morgan fingerprint density at radius 1 is 1.40 bits per heavy atom. The van der Waals surface area contributed by atoms with Crippen molar-refractivity contribution in [2.45, 2.75) is 31.1 Å². The molecule has 20 heavy (non-hydrogen) atoms. The van der Waals surface area contributed by atoms with Gasteiger partial charge >= 0.3 is 0 Å². The highest BCUT2D eigenvalue weighted by molar-refractivity contribution is 8.06. The van der Waals surface area contributed by atoms with Gasteiger partial charge in [0.05, 0.1) is 6.61 Å². The van der Waals surface area contributed by atoms with Crippen molar-refractivity contribution in [3.8, 4) is 5.75 Å². The second kappa shape index (κ2) is 7.10. The molecule has 0 aliphatic carbocycles. The Hall–Kier alpha value is -0.320. The predicted molar refractivity (Wildman–Crippen MR) is 90.2 cm³/mol. The Bertz CT molecular complexity index is 446. The second-order valence-corrected chi connectivity index (χ2v) is 7.88. The van der Waals surface area contributed by atoms with Crippen molar-refractivity contribution >= 4 is 23.5 Å². The zero-order chi connectivity index (χ0) is 13.8. The molecule has 2 nitrogen and oxygen atoms in total. The summed E-state index contributed by atoms with van der Waals surface area (Å²) in [5.41, 5.74) is 2.84. The van der Waals surface area contributed by atoms with Gasteiger partial charge in [0.2, 0.25) is 0 Å². The van der Waals surface area contributed by atoms with Crippen LogP contribution in [0, 0.1) is 0 Å². The average molecular weight is 310 g/mol. The van der Waals surface area contributed by atoms with Crippen molar-refractivity contribution in [2.24, 2.45) is 0 Å². The van der Waals surface area contributed by atoms with Gasteiger partial charge in [0.15, 0.2) is 0 Å². The third-order valence-corrected chi connectivity index (χ3v) is 6.76. The molecule has 110 valence electrons. The van der Waals surface area contributed by atoms with Gasteiger partial charge in [0.25, 0.3) is 0 Å². The molecule has 2 heterocycles. The molecular weight excluding hydrogens is 286 g/mol. The van der Waals surface area contributed by atoms with E-state index in [-0.39, 0.29) is 0 Å². The molecule has 3 rings (SSSR count). The minimum absolute atomic E-state index is 0.485. The van der Waals surface area contributed by atoms with Crippen LogP contribution >= 0.6 is 23.5 Å². The highest BCUT2D eigenvalue weighted by Crippen LogP contribution is 2.36. The molecule has 1 N–H and O–H groups in total. The zero-order valence-electron chi connectivity index (χ0n) is 12.1. The molecule has 0 radical (unpaired) electrons. The van der Waals surface area contributed by atoms with Crippen LogP contribution in [0.3, 0.4) is 0 Å². The van der Waals surface area contributed by atoms with E-state index in [9.17, 15) is 0 Å². The van der Waals surface area contributed by atoms with E-state index in [4.69, 9.17) is 4.74 Å². The van der Waals surface area contributed by atoms with E-state index >= 15 is 0 Å². The molecule has 0 bridgehead atoms. The van der Waals surface area contributed by atoms with Crippen LogP contribution in [0.5, 0.6) is 5.75 Å². The summed E-state index contributed by atoms with van der Waals surface area (Å²) < 4.78 is 5.63. The topological polar surface area (TPSA) is 21.3 Å². The second-order valence-electron chi connectivity index (χ2n) is 5.38. The van der Waals surface area contributed by atoms with Gasteiger partial charge in [-0.05, 0) is 30.2 Å².